The fourth-order valence-electron chi connectivity index (χ4n) is 6.04. The van der Waals surface area contributed by atoms with E-state index in [-0.39, 0.29) is 11.3 Å². The Morgan fingerprint density at radius 3 is 2.50 bits per heavy atom. The molecule has 1 amide bonds. The normalized spacial score (nSPS) is 17.4. The minimum Gasteiger partial charge on any atom is -0.390 e. The van der Waals surface area contributed by atoms with Gasteiger partial charge in [0, 0.05) is 61.0 Å². The molecule has 11 heteroatoms. The average molecular weight is 548 g/mol. The number of aryl methyl sites for hydroxylation is 1. The maximum absolute atomic E-state index is 13.4. The molecule has 0 aromatic carbocycles. The smallest absolute Gasteiger partial charge is 0.259 e. The van der Waals surface area contributed by atoms with Gasteiger partial charge in [0.1, 0.15) is 0 Å². The summed E-state index contributed by atoms with van der Waals surface area (Å²) in [6.07, 6.45) is 6.43. The molecule has 40 heavy (non-hydrogen) atoms. The van der Waals surface area contributed by atoms with Crippen molar-refractivity contribution < 1.29 is 18.7 Å². The molecule has 6 rings (SSSR count). The summed E-state index contributed by atoms with van der Waals surface area (Å²) in [5.41, 5.74) is 3.55. The fraction of sp³-hybridized carbons (Fsp3) is 0.414. The summed E-state index contributed by atoms with van der Waals surface area (Å²) >= 11 is 0. The highest BCUT2D eigenvalue weighted by Gasteiger charge is 2.60. The van der Waals surface area contributed by atoms with Crippen molar-refractivity contribution in [2.24, 2.45) is 5.41 Å². The number of fused-ring (bicyclic) bond motifs is 1. The first-order chi connectivity index (χ1) is 19.0. The topological polar surface area (TPSA) is 109 Å². The van der Waals surface area contributed by atoms with E-state index in [1.807, 2.05) is 25.1 Å². The van der Waals surface area contributed by atoms with Crippen LogP contribution in [0.5, 0.6) is 0 Å². The highest BCUT2D eigenvalue weighted by atomic mass is 19.3. The van der Waals surface area contributed by atoms with Crippen LogP contribution in [0.4, 0.5) is 20.2 Å². The quantitative estimate of drug-likeness (QED) is 0.340. The van der Waals surface area contributed by atoms with Crippen LogP contribution < -0.4 is 10.2 Å². The van der Waals surface area contributed by atoms with Gasteiger partial charge in [0.15, 0.2) is 5.82 Å². The van der Waals surface area contributed by atoms with Gasteiger partial charge in [-0.05, 0) is 49.4 Å². The van der Waals surface area contributed by atoms with Crippen LogP contribution in [-0.2, 0) is 0 Å². The van der Waals surface area contributed by atoms with Crippen LogP contribution in [-0.4, -0.2) is 60.7 Å². The van der Waals surface area contributed by atoms with Crippen molar-refractivity contribution in [1.82, 2.24) is 24.6 Å². The van der Waals surface area contributed by atoms with E-state index in [0.29, 0.717) is 65.7 Å². The average Bonchev–Trinajstić information content (AvgIpc) is 3.30. The van der Waals surface area contributed by atoms with E-state index >= 15 is 0 Å². The maximum atomic E-state index is 13.4. The Balaban J connectivity index is 1.17. The SMILES string of the molecule is Cc1ncc(-c2ncc(C(C)C)cn2)cc1NC(=O)c1cnn2ccc(N3CC4(C3)CC(O)(CC(F)F)C4)cc12. The number of halogens is 2. The first-order valence-electron chi connectivity index (χ1n) is 13.4. The lowest BCUT2D eigenvalue weighted by Gasteiger charge is -2.63. The third kappa shape index (κ3) is 4.78. The van der Waals surface area contributed by atoms with Crippen LogP contribution in [0.1, 0.15) is 60.6 Å². The van der Waals surface area contributed by atoms with E-state index in [0.717, 1.165) is 11.3 Å². The van der Waals surface area contributed by atoms with Gasteiger partial charge < -0.3 is 15.3 Å². The molecule has 0 unspecified atom stereocenters. The summed E-state index contributed by atoms with van der Waals surface area (Å²) in [6.45, 7) is 7.34. The van der Waals surface area contributed by atoms with E-state index in [1.165, 1.54) is 6.20 Å². The van der Waals surface area contributed by atoms with Crippen molar-refractivity contribution in [2.75, 3.05) is 23.3 Å². The van der Waals surface area contributed by atoms with Gasteiger partial charge in [0.25, 0.3) is 5.91 Å². The molecular weight excluding hydrogens is 516 g/mol. The molecule has 208 valence electrons. The molecular formula is C29H31F2N7O2. The zero-order valence-electron chi connectivity index (χ0n) is 22.6. The van der Waals surface area contributed by atoms with Gasteiger partial charge in [-0.25, -0.2) is 23.3 Å². The molecule has 0 bridgehead atoms. The van der Waals surface area contributed by atoms with Gasteiger partial charge in [-0.2, -0.15) is 5.10 Å². The van der Waals surface area contributed by atoms with Crippen molar-refractivity contribution in [2.45, 2.75) is 58.0 Å². The Bertz CT molecular complexity index is 1570. The summed E-state index contributed by atoms with van der Waals surface area (Å²) < 4.78 is 27.2. The highest BCUT2D eigenvalue weighted by Crippen LogP contribution is 2.56. The molecule has 1 saturated carbocycles. The molecule has 2 fully saturated rings. The van der Waals surface area contributed by atoms with Gasteiger partial charge in [-0.3, -0.25) is 9.78 Å². The Morgan fingerprint density at radius 1 is 1.10 bits per heavy atom. The van der Waals surface area contributed by atoms with Crippen molar-refractivity contribution in [3.05, 3.63) is 66.0 Å². The van der Waals surface area contributed by atoms with Gasteiger partial charge in [-0.1, -0.05) is 13.8 Å². The summed E-state index contributed by atoms with van der Waals surface area (Å²) in [7, 11) is 0. The van der Waals surface area contributed by atoms with Crippen molar-refractivity contribution in [3.8, 4) is 11.4 Å². The van der Waals surface area contributed by atoms with E-state index < -0.39 is 18.4 Å². The molecule has 1 saturated heterocycles. The number of nitrogens with one attached hydrogen (secondary N) is 1. The third-order valence-electron chi connectivity index (χ3n) is 8.04. The zero-order chi connectivity index (χ0) is 28.2. The van der Waals surface area contributed by atoms with Gasteiger partial charge in [0.2, 0.25) is 6.43 Å². The molecule has 1 aliphatic carbocycles. The minimum absolute atomic E-state index is 0.120. The number of rotatable bonds is 7. The predicted octanol–water partition coefficient (Wildman–Crippen LogP) is 4.86. The molecule has 1 aliphatic heterocycles. The molecule has 0 radical (unpaired) electrons. The number of carbonyl (C=O) groups excluding carboxylic acids is 1. The summed E-state index contributed by atoms with van der Waals surface area (Å²) in [5, 5.41) is 17.6. The second kappa shape index (κ2) is 9.58. The minimum atomic E-state index is -2.50. The summed E-state index contributed by atoms with van der Waals surface area (Å²) in [5.74, 6) is 0.533. The van der Waals surface area contributed by atoms with Crippen molar-refractivity contribution in [1.29, 1.82) is 0 Å². The Labute approximate surface area is 230 Å². The standard InChI is InChI=1S/C29H31F2N7O2/c1-17(2)20-10-33-26(34-11-20)19-6-23(18(3)32-9-19)36-27(39)22-12-35-38-5-4-21(7-24(22)38)37-15-28(16-37)13-29(40,14-28)8-25(30)31/h4-7,9-12,17,25,40H,8,13-16H2,1-3H3,(H,36,39). The molecule has 4 aromatic rings. The predicted molar refractivity (Wildman–Crippen MR) is 147 cm³/mol. The lowest BCUT2D eigenvalue weighted by atomic mass is 9.54. The fourth-order valence-corrected chi connectivity index (χ4v) is 6.04. The number of aromatic nitrogens is 5. The first kappa shape index (κ1) is 26.2. The van der Waals surface area contributed by atoms with Crippen molar-refractivity contribution >= 4 is 22.8 Å². The van der Waals surface area contributed by atoms with Crippen LogP contribution >= 0.6 is 0 Å². The number of hydrogen-bond acceptors (Lipinski definition) is 7. The number of amides is 1. The maximum Gasteiger partial charge on any atom is 0.259 e. The lowest BCUT2D eigenvalue weighted by Crippen LogP contribution is -2.68. The monoisotopic (exact) mass is 547 g/mol. The highest BCUT2D eigenvalue weighted by molar-refractivity contribution is 6.09. The van der Waals surface area contributed by atoms with Crippen LogP contribution in [0, 0.1) is 12.3 Å². The largest absolute Gasteiger partial charge is 0.390 e. The lowest BCUT2D eigenvalue weighted by molar-refractivity contribution is -0.161. The number of hydrogen-bond donors (Lipinski definition) is 2. The zero-order valence-corrected chi connectivity index (χ0v) is 22.6. The number of pyridine rings is 2. The molecule has 9 nitrogen and oxygen atoms in total. The number of alkyl halides is 2. The van der Waals surface area contributed by atoms with Gasteiger partial charge in [-0.15, -0.1) is 0 Å². The molecule has 4 aromatic heterocycles. The van der Waals surface area contributed by atoms with Crippen LogP contribution in [0.3, 0.4) is 0 Å². The van der Waals surface area contributed by atoms with Gasteiger partial charge in [0.05, 0.1) is 34.3 Å². The summed E-state index contributed by atoms with van der Waals surface area (Å²) in [4.78, 5) is 28.9. The number of aliphatic hydroxyl groups is 1. The van der Waals surface area contributed by atoms with Crippen LogP contribution in [0.25, 0.3) is 16.9 Å². The van der Waals surface area contributed by atoms with E-state index in [1.54, 1.807) is 29.3 Å². The number of anilines is 2. The Kier molecular flexibility index (Phi) is 6.29. The molecule has 5 heterocycles. The Morgan fingerprint density at radius 2 is 1.82 bits per heavy atom. The van der Waals surface area contributed by atoms with E-state index in [4.69, 9.17) is 0 Å². The van der Waals surface area contributed by atoms with E-state index in [9.17, 15) is 18.7 Å². The van der Waals surface area contributed by atoms with E-state index in [2.05, 4.69) is 44.1 Å². The molecule has 2 aliphatic rings. The Hall–Kier alpha value is -3.99. The first-order valence-corrected chi connectivity index (χ1v) is 13.4. The number of nitrogens with zero attached hydrogens (tertiary/aromatic N) is 6. The summed E-state index contributed by atoms with van der Waals surface area (Å²) in [6, 6.07) is 5.64. The third-order valence-corrected chi connectivity index (χ3v) is 8.04. The number of carbonyl (C=O) groups is 1. The molecule has 1 spiro atoms. The van der Waals surface area contributed by atoms with Crippen molar-refractivity contribution in [3.63, 3.8) is 0 Å². The molecule has 2 N–H and O–H groups in total. The van der Waals surface area contributed by atoms with Crippen LogP contribution in [0.15, 0.2) is 49.2 Å². The second-order valence-electron chi connectivity index (χ2n) is 11.6. The van der Waals surface area contributed by atoms with Crippen LogP contribution in [0.2, 0.25) is 0 Å². The van der Waals surface area contributed by atoms with Gasteiger partial charge >= 0.3 is 0 Å². The molecule has 0 atom stereocenters. The second-order valence-corrected chi connectivity index (χ2v) is 11.6.